The van der Waals surface area contributed by atoms with Crippen molar-refractivity contribution in [2.75, 3.05) is 6.61 Å². The highest BCUT2D eigenvalue weighted by Gasteiger charge is 2.19. The Kier molecular flexibility index (Phi) is 4.77. The van der Waals surface area contributed by atoms with Crippen molar-refractivity contribution >= 4 is 15.9 Å². The van der Waals surface area contributed by atoms with Crippen molar-refractivity contribution < 1.29 is 5.11 Å². The normalized spacial score (nSPS) is 14.9. The van der Waals surface area contributed by atoms with Crippen molar-refractivity contribution in [2.45, 2.75) is 32.4 Å². The Labute approximate surface area is 99.8 Å². The smallest absolute Gasteiger partial charge is 0.0610 e. The van der Waals surface area contributed by atoms with E-state index in [0.29, 0.717) is 0 Å². The minimum Gasteiger partial charge on any atom is -0.394 e. The van der Waals surface area contributed by atoms with E-state index in [1.165, 1.54) is 5.56 Å². The maximum absolute atomic E-state index is 9.24. The third kappa shape index (κ3) is 3.93. The quantitative estimate of drug-likeness (QED) is 0.863. The number of aliphatic hydroxyl groups is 1. The van der Waals surface area contributed by atoms with E-state index in [0.717, 1.165) is 17.4 Å². The molecule has 1 rings (SSSR count). The van der Waals surface area contributed by atoms with Crippen LogP contribution in [0.25, 0.3) is 0 Å². The SMILES string of the molecule is CCC(C)(CO)NCc1ccc(Br)cc1. The molecule has 0 radical (unpaired) electrons. The fourth-order valence-electron chi connectivity index (χ4n) is 1.21. The van der Waals surface area contributed by atoms with E-state index in [1.807, 2.05) is 19.1 Å². The third-order valence-corrected chi connectivity index (χ3v) is 3.29. The van der Waals surface area contributed by atoms with Gasteiger partial charge in [0.25, 0.3) is 0 Å². The summed E-state index contributed by atoms with van der Waals surface area (Å²) < 4.78 is 1.09. The van der Waals surface area contributed by atoms with Gasteiger partial charge in [-0.1, -0.05) is 35.0 Å². The monoisotopic (exact) mass is 271 g/mol. The van der Waals surface area contributed by atoms with Crippen LogP contribution in [0.3, 0.4) is 0 Å². The molecule has 0 heterocycles. The van der Waals surface area contributed by atoms with Gasteiger partial charge in [0.2, 0.25) is 0 Å². The summed E-state index contributed by atoms with van der Waals surface area (Å²) in [6, 6.07) is 8.20. The molecule has 3 heteroatoms. The lowest BCUT2D eigenvalue weighted by molar-refractivity contribution is 0.169. The van der Waals surface area contributed by atoms with Gasteiger partial charge < -0.3 is 10.4 Å². The number of nitrogens with one attached hydrogen (secondary N) is 1. The van der Waals surface area contributed by atoms with Crippen LogP contribution < -0.4 is 5.32 Å². The van der Waals surface area contributed by atoms with E-state index in [2.05, 4.69) is 40.3 Å². The number of aliphatic hydroxyl groups excluding tert-OH is 1. The van der Waals surface area contributed by atoms with Crippen LogP contribution in [0, 0.1) is 0 Å². The number of benzene rings is 1. The fraction of sp³-hybridized carbons (Fsp3) is 0.500. The molecule has 1 aromatic rings. The van der Waals surface area contributed by atoms with Gasteiger partial charge in [0.1, 0.15) is 0 Å². The van der Waals surface area contributed by atoms with E-state index >= 15 is 0 Å². The lowest BCUT2D eigenvalue weighted by Crippen LogP contribution is -2.44. The summed E-state index contributed by atoms with van der Waals surface area (Å²) in [4.78, 5) is 0. The molecule has 84 valence electrons. The summed E-state index contributed by atoms with van der Waals surface area (Å²) in [5.41, 5.74) is 1.05. The van der Waals surface area contributed by atoms with Crippen LogP contribution in [0.2, 0.25) is 0 Å². The Morgan fingerprint density at radius 1 is 1.33 bits per heavy atom. The van der Waals surface area contributed by atoms with Crippen molar-refractivity contribution in [1.29, 1.82) is 0 Å². The summed E-state index contributed by atoms with van der Waals surface area (Å²) in [6.45, 7) is 5.06. The molecule has 1 atom stereocenters. The topological polar surface area (TPSA) is 32.3 Å². The van der Waals surface area contributed by atoms with Crippen LogP contribution in [0.15, 0.2) is 28.7 Å². The molecule has 0 saturated heterocycles. The van der Waals surface area contributed by atoms with Gasteiger partial charge in [-0.05, 0) is 31.0 Å². The molecule has 0 spiro atoms. The zero-order chi connectivity index (χ0) is 11.3. The molecule has 0 aliphatic carbocycles. The second kappa shape index (κ2) is 5.64. The Hall–Kier alpha value is -0.380. The van der Waals surface area contributed by atoms with Crippen molar-refractivity contribution in [3.05, 3.63) is 34.3 Å². The van der Waals surface area contributed by atoms with Gasteiger partial charge in [-0.15, -0.1) is 0 Å². The summed E-state index contributed by atoms with van der Waals surface area (Å²) in [7, 11) is 0. The second-order valence-electron chi connectivity index (χ2n) is 4.05. The minimum absolute atomic E-state index is 0.167. The fourth-order valence-corrected chi connectivity index (χ4v) is 1.47. The van der Waals surface area contributed by atoms with Crippen LogP contribution >= 0.6 is 15.9 Å². The molecule has 15 heavy (non-hydrogen) atoms. The third-order valence-electron chi connectivity index (χ3n) is 2.76. The molecule has 0 bridgehead atoms. The zero-order valence-electron chi connectivity index (χ0n) is 9.26. The summed E-state index contributed by atoms with van der Waals surface area (Å²) >= 11 is 3.40. The highest BCUT2D eigenvalue weighted by Crippen LogP contribution is 2.13. The highest BCUT2D eigenvalue weighted by atomic mass is 79.9. The van der Waals surface area contributed by atoms with Crippen LogP contribution in [-0.4, -0.2) is 17.3 Å². The van der Waals surface area contributed by atoms with Gasteiger partial charge in [0.05, 0.1) is 6.61 Å². The van der Waals surface area contributed by atoms with Crippen molar-refractivity contribution in [3.8, 4) is 0 Å². The zero-order valence-corrected chi connectivity index (χ0v) is 10.8. The molecule has 1 unspecified atom stereocenters. The molecule has 0 fully saturated rings. The maximum Gasteiger partial charge on any atom is 0.0610 e. The lowest BCUT2D eigenvalue weighted by atomic mass is 10.00. The first kappa shape index (κ1) is 12.7. The molecule has 0 aliphatic rings. The molecule has 0 aromatic heterocycles. The van der Waals surface area contributed by atoms with Gasteiger partial charge in [-0.3, -0.25) is 0 Å². The Balaban J connectivity index is 2.53. The summed E-state index contributed by atoms with van der Waals surface area (Å²) in [5.74, 6) is 0. The van der Waals surface area contributed by atoms with Gasteiger partial charge in [-0.2, -0.15) is 0 Å². The largest absolute Gasteiger partial charge is 0.394 e. The Morgan fingerprint density at radius 3 is 2.40 bits per heavy atom. The predicted molar refractivity (Wildman–Crippen MR) is 66.8 cm³/mol. The average Bonchev–Trinajstić information content (AvgIpc) is 2.28. The molecule has 0 aliphatic heterocycles. The van der Waals surface area contributed by atoms with E-state index in [4.69, 9.17) is 0 Å². The van der Waals surface area contributed by atoms with Crippen LogP contribution in [0.5, 0.6) is 0 Å². The van der Waals surface area contributed by atoms with Gasteiger partial charge in [-0.25, -0.2) is 0 Å². The van der Waals surface area contributed by atoms with Crippen LogP contribution in [0.4, 0.5) is 0 Å². The standard InChI is InChI=1S/C12H18BrNO/c1-3-12(2,9-15)14-8-10-4-6-11(13)7-5-10/h4-7,14-15H,3,8-9H2,1-2H3. The molecule has 2 N–H and O–H groups in total. The van der Waals surface area contributed by atoms with E-state index in [9.17, 15) is 5.11 Å². The van der Waals surface area contributed by atoms with Gasteiger partial charge in [0.15, 0.2) is 0 Å². The summed E-state index contributed by atoms with van der Waals surface area (Å²) in [6.07, 6.45) is 0.917. The second-order valence-corrected chi connectivity index (χ2v) is 4.97. The average molecular weight is 272 g/mol. The van der Waals surface area contributed by atoms with E-state index < -0.39 is 0 Å². The molecule has 1 aromatic carbocycles. The summed E-state index contributed by atoms with van der Waals surface area (Å²) in [5, 5.41) is 12.6. The van der Waals surface area contributed by atoms with Crippen molar-refractivity contribution in [1.82, 2.24) is 5.32 Å². The molecular formula is C12H18BrNO. The van der Waals surface area contributed by atoms with Crippen LogP contribution in [-0.2, 0) is 6.54 Å². The van der Waals surface area contributed by atoms with Gasteiger partial charge >= 0.3 is 0 Å². The first-order valence-electron chi connectivity index (χ1n) is 5.20. The Morgan fingerprint density at radius 2 is 1.93 bits per heavy atom. The minimum atomic E-state index is -0.174. The van der Waals surface area contributed by atoms with Gasteiger partial charge in [0, 0.05) is 16.6 Å². The maximum atomic E-state index is 9.24. The van der Waals surface area contributed by atoms with Crippen molar-refractivity contribution in [2.24, 2.45) is 0 Å². The number of hydrogen-bond acceptors (Lipinski definition) is 2. The van der Waals surface area contributed by atoms with Crippen molar-refractivity contribution in [3.63, 3.8) is 0 Å². The van der Waals surface area contributed by atoms with Crippen LogP contribution in [0.1, 0.15) is 25.8 Å². The number of halogens is 1. The van der Waals surface area contributed by atoms with E-state index in [1.54, 1.807) is 0 Å². The lowest BCUT2D eigenvalue weighted by Gasteiger charge is -2.27. The Bertz CT molecular complexity index is 293. The molecule has 0 amide bonds. The molecule has 2 nitrogen and oxygen atoms in total. The first-order valence-corrected chi connectivity index (χ1v) is 5.99. The first-order chi connectivity index (χ1) is 7.09. The predicted octanol–water partition coefficient (Wildman–Crippen LogP) is 2.70. The highest BCUT2D eigenvalue weighted by molar-refractivity contribution is 9.10. The van der Waals surface area contributed by atoms with E-state index in [-0.39, 0.29) is 12.1 Å². The molecule has 0 saturated carbocycles. The number of rotatable bonds is 5. The molecular weight excluding hydrogens is 254 g/mol. The number of hydrogen-bond donors (Lipinski definition) is 2.